The molecule has 2 aromatic rings. The Bertz CT molecular complexity index is 527. The van der Waals surface area contributed by atoms with E-state index in [-0.39, 0.29) is 11.3 Å². The molecule has 0 saturated heterocycles. The van der Waals surface area contributed by atoms with Gasteiger partial charge in [0.25, 0.3) is 0 Å². The third-order valence-electron chi connectivity index (χ3n) is 1.92. The number of aromatic nitrogens is 1. The van der Waals surface area contributed by atoms with Gasteiger partial charge in [0, 0.05) is 11.6 Å². The van der Waals surface area contributed by atoms with Crippen molar-refractivity contribution in [1.82, 2.24) is 4.98 Å². The van der Waals surface area contributed by atoms with Crippen molar-refractivity contribution >= 4 is 16.8 Å². The number of hydrogen-bond donors (Lipinski definition) is 2. The van der Waals surface area contributed by atoms with Gasteiger partial charge in [0.05, 0.1) is 11.2 Å². The molecule has 1 aromatic heterocycles. The number of hydrogen-bond acceptors (Lipinski definition) is 3. The predicted octanol–water partition coefficient (Wildman–Crippen LogP) is 1.15. The molecule has 1 heterocycles. The van der Waals surface area contributed by atoms with Crippen LogP contribution in [0.3, 0.4) is 0 Å². The first-order valence-electron chi connectivity index (χ1n) is 3.67. The summed E-state index contributed by atoms with van der Waals surface area (Å²) in [7, 11) is 0. The van der Waals surface area contributed by atoms with E-state index >= 15 is 0 Å². The zero-order valence-corrected chi connectivity index (χ0v) is 6.85. The minimum Gasteiger partial charge on any atom is -0.408 e. The molecule has 0 fully saturated rings. The SMILES string of the molecule is Cc1c(F)c(N)cc2oc(=O)[nH]c12. The standard InChI is InChI=1S/C8H7FN2O2/c1-3-6(9)4(10)2-5-7(3)11-8(12)13-5/h2H,10H2,1H3,(H,11,12). The number of halogens is 1. The van der Waals surface area contributed by atoms with Crippen LogP contribution in [-0.2, 0) is 0 Å². The molecular weight excluding hydrogens is 175 g/mol. The molecule has 0 bridgehead atoms. The Hall–Kier alpha value is -1.78. The predicted molar refractivity (Wildman–Crippen MR) is 45.9 cm³/mol. The molecule has 1 aromatic carbocycles. The summed E-state index contributed by atoms with van der Waals surface area (Å²) in [6, 6.07) is 1.29. The van der Waals surface area contributed by atoms with Crippen molar-refractivity contribution in [3.63, 3.8) is 0 Å². The van der Waals surface area contributed by atoms with Gasteiger partial charge in [-0.05, 0) is 6.92 Å². The molecule has 0 amide bonds. The maximum atomic E-state index is 13.2. The van der Waals surface area contributed by atoms with Crippen LogP contribution in [0, 0.1) is 12.7 Å². The normalized spacial score (nSPS) is 10.9. The van der Waals surface area contributed by atoms with Crippen LogP contribution in [0.25, 0.3) is 11.1 Å². The van der Waals surface area contributed by atoms with E-state index in [4.69, 9.17) is 10.2 Å². The molecule has 0 unspecified atom stereocenters. The van der Waals surface area contributed by atoms with E-state index in [1.165, 1.54) is 13.0 Å². The molecule has 0 saturated carbocycles. The molecule has 0 atom stereocenters. The highest BCUT2D eigenvalue weighted by Gasteiger charge is 2.11. The zero-order valence-electron chi connectivity index (χ0n) is 6.85. The lowest BCUT2D eigenvalue weighted by molar-refractivity contribution is 0.555. The third-order valence-corrected chi connectivity index (χ3v) is 1.92. The number of rotatable bonds is 0. The lowest BCUT2D eigenvalue weighted by Gasteiger charge is -1.99. The first kappa shape index (κ1) is 7.85. The van der Waals surface area contributed by atoms with E-state index in [2.05, 4.69) is 4.98 Å². The summed E-state index contributed by atoms with van der Waals surface area (Å²) < 4.78 is 17.9. The molecule has 0 aliphatic heterocycles. The Morgan fingerprint density at radius 3 is 3.00 bits per heavy atom. The Balaban J connectivity index is 3.00. The average Bonchev–Trinajstić information content (AvgIpc) is 2.42. The Morgan fingerprint density at radius 1 is 1.62 bits per heavy atom. The number of H-pyrrole nitrogens is 1. The van der Waals surface area contributed by atoms with Gasteiger partial charge in [-0.2, -0.15) is 0 Å². The van der Waals surface area contributed by atoms with Crippen molar-refractivity contribution < 1.29 is 8.81 Å². The van der Waals surface area contributed by atoms with E-state index in [1.54, 1.807) is 0 Å². The van der Waals surface area contributed by atoms with Crippen molar-refractivity contribution in [3.8, 4) is 0 Å². The lowest BCUT2D eigenvalue weighted by atomic mass is 10.2. The van der Waals surface area contributed by atoms with Crippen molar-refractivity contribution in [2.75, 3.05) is 5.73 Å². The summed E-state index contributed by atoms with van der Waals surface area (Å²) in [5, 5.41) is 0. The number of anilines is 1. The van der Waals surface area contributed by atoms with Gasteiger partial charge >= 0.3 is 5.76 Å². The summed E-state index contributed by atoms with van der Waals surface area (Å²) in [5.41, 5.74) is 6.25. The van der Waals surface area contributed by atoms with Gasteiger partial charge in [-0.15, -0.1) is 0 Å². The number of nitrogen functional groups attached to an aromatic ring is 1. The van der Waals surface area contributed by atoms with Gasteiger partial charge in [0.15, 0.2) is 11.4 Å². The Morgan fingerprint density at radius 2 is 2.31 bits per heavy atom. The topological polar surface area (TPSA) is 72.0 Å². The molecule has 5 heteroatoms. The van der Waals surface area contributed by atoms with Crippen molar-refractivity contribution in [2.45, 2.75) is 6.92 Å². The van der Waals surface area contributed by atoms with Gasteiger partial charge in [0.2, 0.25) is 0 Å². The molecule has 68 valence electrons. The second kappa shape index (κ2) is 2.35. The highest BCUT2D eigenvalue weighted by molar-refractivity contribution is 5.80. The smallest absolute Gasteiger partial charge is 0.408 e. The molecule has 13 heavy (non-hydrogen) atoms. The number of oxazole rings is 1. The average molecular weight is 182 g/mol. The summed E-state index contributed by atoms with van der Waals surface area (Å²) in [6.07, 6.45) is 0. The van der Waals surface area contributed by atoms with Crippen molar-refractivity contribution in [1.29, 1.82) is 0 Å². The molecule has 0 spiro atoms. The summed E-state index contributed by atoms with van der Waals surface area (Å²) in [4.78, 5) is 13.2. The fraction of sp³-hybridized carbons (Fsp3) is 0.125. The quantitative estimate of drug-likeness (QED) is 0.600. The number of nitrogens with one attached hydrogen (secondary N) is 1. The van der Waals surface area contributed by atoms with Crippen LogP contribution in [0.5, 0.6) is 0 Å². The van der Waals surface area contributed by atoms with E-state index in [0.29, 0.717) is 11.1 Å². The number of aromatic amines is 1. The van der Waals surface area contributed by atoms with Crippen LogP contribution in [0.15, 0.2) is 15.3 Å². The van der Waals surface area contributed by atoms with Crippen LogP contribution >= 0.6 is 0 Å². The fourth-order valence-electron chi connectivity index (χ4n) is 1.25. The summed E-state index contributed by atoms with van der Waals surface area (Å²) in [6.45, 7) is 1.53. The Kier molecular flexibility index (Phi) is 1.42. The Labute approximate surface area is 72.2 Å². The van der Waals surface area contributed by atoms with Crippen LogP contribution in [0.2, 0.25) is 0 Å². The second-order valence-electron chi connectivity index (χ2n) is 2.79. The van der Waals surface area contributed by atoms with Gasteiger partial charge in [0.1, 0.15) is 0 Å². The largest absolute Gasteiger partial charge is 0.417 e. The zero-order chi connectivity index (χ0) is 9.59. The highest BCUT2D eigenvalue weighted by atomic mass is 19.1. The van der Waals surface area contributed by atoms with Crippen LogP contribution < -0.4 is 11.5 Å². The van der Waals surface area contributed by atoms with Crippen LogP contribution in [0.4, 0.5) is 10.1 Å². The lowest BCUT2D eigenvalue weighted by Crippen LogP contribution is -1.95. The van der Waals surface area contributed by atoms with E-state index in [0.717, 1.165) is 0 Å². The minimum atomic E-state index is -0.608. The molecule has 0 aliphatic carbocycles. The first-order chi connectivity index (χ1) is 6.09. The van der Waals surface area contributed by atoms with Gasteiger partial charge in [-0.25, -0.2) is 9.18 Å². The monoisotopic (exact) mass is 182 g/mol. The highest BCUT2D eigenvalue weighted by Crippen LogP contribution is 2.23. The number of benzene rings is 1. The van der Waals surface area contributed by atoms with E-state index < -0.39 is 11.6 Å². The van der Waals surface area contributed by atoms with Crippen LogP contribution in [-0.4, -0.2) is 4.98 Å². The molecule has 0 radical (unpaired) electrons. The van der Waals surface area contributed by atoms with Gasteiger partial charge in [-0.3, -0.25) is 4.98 Å². The van der Waals surface area contributed by atoms with Gasteiger partial charge in [-0.1, -0.05) is 0 Å². The van der Waals surface area contributed by atoms with Crippen LogP contribution in [0.1, 0.15) is 5.56 Å². The third kappa shape index (κ3) is 1.00. The van der Waals surface area contributed by atoms with Crippen molar-refractivity contribution in [2.24, 2.45) is 0 Å². The summed E-state index contributed by atoms with van der Waals surface area (Å²) in [5.74, 6) is -1.13. The first-order valence-corrected chi connectivity index (χ1v) is 3.67. The molecular formula is C8H7FN2O2. The molecule has 3 N–H and O–H groups in total. The van der Waals surface area contributed by atoms with Crippen molar-refractivity contribution in [3.05, 3.63) is 28.0 Å². The number of aryl methyl sites for hydroxylation is 1. The number of fused-ring (bicyclic) bond motifs is 1. The van der Waals surface area contributed by atoms with E-state index in [9.17, 15) is 9.18 Å². The minimum absolute atomic E-state index is 0.0206. The van der Waals surface area contributed by atoms with Gasteiger partial charge < -0.3 is 10.2 Å². The second-order valence-corrected chi connectivity index (χ2v) is 2.79. The van der Waals surface area contributed by atoms with E-state index in [1.807, 2.05) is 0 Å². The maximum absolute atomic E-state index is 13.2. The molecule has 4 nitrogen and oxygen atoms in total. The molecule has 2 rings (SSSR count). The maximum Gasteiger partial charge on any atom is 0.417 e. The number of nitrogens with two attached hydrogens (primary N) is 1. The summed E-state index contributed by atoms with van der Waals surface area (Å²) >= 11 is 0. The fourth-order valence-corrected chi connectivity index (χ4v) is 1.25. The molecule has 0 aliphatic rings.